The van der Waals surface area contributed by atoms with Crippen molar-refractivity contribution in [2.75, 3.05) is 0 Å². The number of carboxylic acids is 1. The highest BCUT2D eigenvalue weighted by Gasteiger charge is 2.08. The second-order valence-electron chi connectivity index (χ2n) is 1.86. The number of unbranched alkanes of at least 4 members (excludes halogenated alkanes) is 1. The summed E-state index contributed by atoms with van der Waals surface area (Å²) < 4.78 is 0. The number of nitrogens with zero attached hydrogens (tertiary/aromatic N) is 2. The highest BCUT2D eigenvalue weighted by atomic mass is 16.4. The Morgan fingerprint density at radius 2 is 2.27 bits per heavy atom. The van der Waals surface area contributed by atoms with E-state index in [1.54, 1.807) is 0 Å². The summed E-state index contributed by atoms with van der Waals surface area (Å²) in [7, 11) is 0. The van der Waals surface area contributed by atoms with Crippen molar-refractivity contribution < 1.29 is 15.1 Å². The Morgan fingerprint density at radius 1 is 1.64 bits per heavy atom. The van der Waals surface area contributed by atoms with Crippen molar-refractivity contribution in [3.8, 4) is 6.07 Å². The first-order chi connectivity index (χ1) is 5.22. The first-order valence-electron chi connectivity index (χ1n) is 3.03. The summed E-state index contributed by atoms with van der Waals surface area (Å²) in [5.74, 6) is -1.24. The van der Waals surface area contributed by atoms with Gasteiger partial charge in [0.15, 0.2) is 5.71 Å². The molecule has 0 fully saturated rings. The summed E-state index contributed by atoms with van der Waals surface area (Å²) in [5.41, 5.74) is -0.305. The van der Waals surface area contributed by atoms with Gasteiger partial charge >= 0.3 is 5.97 Å². The third kappa shape index (κ3) is 3.92. The zero-order valence-electron chi connectivity index (χ0n) is 5.82. The zero-order valence-corrected chi connectivity index (χ0v) is 5.82. The first kappa shape index (κ1) is 9.43. The van der Waals surface area contributed by atoms with Gasteiger partial charge in [-0.25, -0.2) is 4.79 Å². The fourth-order valence-corrected chi connectivity index (χ4v) is 0.535. The van der Waals surface area contributed by atoms with Crippen molar-refractivity contribution >= 4 is 11.7 Å². The van der Waals surface area contributed by atoms with Crippen LogP contribution in [-0.4, -0.2) is 22.0 Å². The summed E-state index contributed by atoms with van der Waals surface area (Å²) in [6, 6.07) is 1.86. The molecule has 0 rings (SSSR count). The van der Waals surface area contributed by atoms with Crippen molar-refractivity contribution in [2.45, 2.75) is 19.3 Å². The highest BCUT2D eigenvalue weighted by Crippen LogP contribution is 1.96. The van der Waals surface area contributed by atoms with Crippen LogP contribution < -0.4 is 0 Å². The second kappa shape index (κ2) is 5.23. The fourth-order valence-electron chi connectivity index (χ4n) is 0.535. The molecule has 0 aliphatic rings. The van der Waals surface area contributed by atoms with Crippen LogP contribution in [0.3, 0.4) is 0 Å². The van der Waals surface area contributed by atoms with Crippen molar-refractivity contribution in [3.05, 3.63) is 0 Å². The molecule has 0 aromatic rings. The molecule has 2 N–H and O–H groups in total. The van der Waals surface area contributed by atoms with Gasteiger partial charge in [0.05, 0.1) is 6.07 Å². The van der Waals surface area contributed by atoms with E-state index in [0.29, 0.717) is 6.42 Å². The molecule has 0 saturated heterocycles. The second-order valence-corrected chi connectivity index (χ2v) is 1.86. The Bertz CT molecular complexity index is 204. The highest BCUT2D eigenvalue weighted by molar-refractivity contribution is 6.35. The van der Waals surface area contributed by atoms with Crippen molar-refractivity contribution in [3.63, 3.8) is 0 Å². The molecule has 0 aromatic heterocycles. The van der Waals surface area contributed by atoms with Gasteiger partial charge in [-0.1, -0.05) is 5.16 Å². The molecule has 0 aromatic carbocycles. The lowest BCUT2D eigenvalue weighted by Crippen LogP contribution is -2.12. The Balaban J connectivity index is 3.75. The molecule has 60 valence electrons. The Kier molecular flexibility index (Phi) is 4.49. The SMILES string of the molecule is N#CCCCC(=NO)C(=O)O. The van der Waals surface area contributed by atoms with Crippen LogP contribution in [0.15, 0.2) is 5.16 Å². The molecule has 0 bridgehead atoms. The van der Waals surface area contributed by atoms with Crippen molar-refractivity contribution in [1.29, 1.82) is 5.26 Å². The topological polar surface area (TPSA) is 93.7 Å². The van der Waals surface area contributed by atoms with E-state index in [1.165, 1.54) is 0 Å². The van der Waals surface area contributed by atoms with Crippen LogP contribution in [0.25, 0.3) is 0 Å². The third-order valence-electron chi connectivity index (χ3n) is 1.07. The fraction of sp³-hybridized carbons (Fsp3) is 0.500. The van der Waals surface area contributed by atoms with E-state index in [2.05, 4.69) is 5.16 Å². The van der Waals surface area contributed by atoms with Crippen LogP contribution in [0.2, 0.25) is 0 Å². The van der Waals surface area contributed by atoms with Crippen LogP contribution >= 0.6 is 0 Å². The van der Waals surface area contributed by atoms with Gasteiger partial charge in [-0.2, -0.15) is 5.26 Å². The average Bonchev–Trinajstić information content (AvgIpc) is 1.97. The molecule has 0 unspecified atom stereocenters. The maximum Gasteiger partial charge on any atom is 0.353 e. The van der Waals surface area contributed by atoms with Crippen LogP contribution in [0.1, 0.15) is 19.3 Å². The van der Waals surface area contributed by atoms with E-state index < -0.39 is 5.97 Å². The molecule has 0 heterocycles. The number of hydrogen-bond acceptors (Lipinski definition) is 4. The zero-order chi connectivity index (χ0) is 8.69. The summed E-state index contributed by atoms with van der Waals surface area (Å²) in [6.07, 6.45) is 0.799. The average molecular weight is 156 g/mol. The van der Waals surface area contributed by atoms with E-state index in [0.717, 1.165) is 0 Å². The Hall–Kier alpha value is -1.57. The summed E-state index contributed by atoms with van der Waals surface area (Å²) in [5, 5.41) is 27.1. The predicted molar refractivity (Wildman–Crippen MR) is 36.3 cm³/mol. The standard InChI is InChI=1S/C6H8N2O3/c7-4-2-1-3-5(8-11)6(9)10/h11H,1-3H2,(H,9,10). The van der Waals surface area contributed by atoms with Crippen molar-refractivity contribution in [2.24, 2.45) is 5.16 Å². The maximum atomic E-state index is 10.2. The molecular weight excluding hydrogens is 148 g/mol. The number of rotatable bonds is 4. The monoisotopic (exact) mass is 156 g/mol. The molecular formula is C6H8N2O3. The van der Waals surface area contributed by atoms with Crippen molar-refractivity contribution in [1.82, 2.24) is 0 Å². The molecule has 5 heteroatoms. The number of nitriles is 1. The van der Waals surface area contributed by atoms with Crippen LogP contribution in [0, 0.1) is 11.3 Å². The van der Waals surface area contributed by atoms with Gasteiger partial charge in [0, 0.05) is 12.8 Å². The Morgan fingerprint density at radius 3 is 2.64 bits per heavy atom. The smallest absolute Gasteiger partial charge is 0.353 e. The molecule has 0 aliphatic heterocycles. The number of carboxylic acid groups (broad SMARTS) is 1. The summed E-state index contributed by atoms with van der Waals surface area (Å²) in [4.78, 5) is 10.2. The van der Waals surface area contributed by atoms with Gasteiger partial charge in [0.25, 0.3) is 0 Å². The van der Waals surface area contributed by atoms with Crippen LogP contribution in [0.5, 0.6) is 0 Å². The summed E-state index contributed by atoms with van der Waals surface area (Å²) >= 11 is 0. The van der Waals surface area contributed by atoms with Gasteiger partial charge in [-0.3, -0.25) is 0 Å². The van der Waals surface area contributed by atoms with Gasteiger partial charge in [-0.15, -0.1) is 0 Å². The van der Waals surface area contributed by atoms with E-state index in [9.17, 15) is 4.79 Å². The van der Waals surface area contributed by atoms with Gasteiger partial charge in [0.1, 0.15) is 0 Å². The minimum absolute atomic E-state index is 0.124. The van der Waals surface area contributed by atoms with Gasteiger partial charge in [0.2, 0.25) is 0 Å². The molecule has 11 heavy (non-hydrogen) atoms. The third-order valence-corrected chi connectivity index (χ3v) is 1.07. The lowest BCUT2D eigenvalue weighted by Gasteiger charge is -1.93. The molecule has 0 aliphatic carbocycles. The first-order valence-corrected chi connectivity index (χ1v) is 3.03. The minimum atomic E-state index is -1.24. The minimum Gasteiger partial charge on any atom is -0.477 e. The predicted octanol–water partition coefficient (Wildman–Crippen LogP) is 0.595. The normalized spacial score (nSPS) is 10.6. The molecule has 0 saturated carbocycles. The summed E-state index contributed by atoms with van der Waals surface area (Å²) in [6.45, 7) is 0. The number of oxime groups is 1. The van der Waals surface area contributed by atoms with E-state index in [-0.39, 0.29) is 18.6 Å². The molecule has 0 amide bonds. The molecule has 0 atom stereocenters. The van der Waals surface area contributed by atoms with E-state index in [1.807, 2.05) is 6.07 Å². The molecule has 5 nitrogen and oxygen atoms in total. The van der Waals surface area contributed by atoms with Gasteiger partial charge in [-0.05, 0) is 6.42 Å². The number of carbonyl (C=O) groups is 1. The largest absolute Gasteiger partial charge is 0.477 e. The van der Waals surface area contributed by atoms with E-state index in [4.69, 9.17) is 15.6 Å². The molecule has 0 radical (unpaired) electrons. The van der Waals surface area contributed by atoms with Crippen LogP contribution in [-0.2, 0) is 4.79 Å². The quantitative estimate of drug-likeness (QED) is 0.269. The lowest BCUT2D eigenvalue weighted by molar-refractivity contribution is -0.129. The molecule has 0 spiro atoms. The maximum absolute atomic E-state index is 10.2. The number of hydrogen-bond donors (Lipinski definition) is 2. The van der Waals surface area contributed by atoms with Crippen LogP contribution in [0.4, 0.5) is 0 Å². The van der Waals surface area contributed by atoms with Gasteiger partial charge < -0.3 is 10.3 Å². The van der Waals surface area contributed by atoms with E-state index >= 15 is 0 Å². The lowest BCUT2D eigenvalue weighted by atomic mass is 10.2. The Labute approximate surface area is 63.6 Å². The number of aliphatic carboxylic acids is 1.